The van der Waals surface area contributed by atoms with Crippen LogP contribution < -0.4 is 9.64 Å². The monoisotopic (exact) mass is 316 g/mol. The number of methoxy groups -OCH3 is 1. The van der Waals surface area contributed by atoms with Crippen molar-refractivity contribution in [1.29, 1.82) is 0 Å². The van der Waals surface area contributed by atoms with Crippen LogP contribution in [0.15, 0.2) is 42.5 Å². The van der Waals surface area contributed by atoms with Crippen LogP contribution in [0.2, 0.25) is 0 Å². The lowest BCUT2D eigenvalue weighted by molar-refractivity contribution is -0.384. The minimum absolute atomic E-state index is 0.0464. The number of halogens is 1. The first kappa shape index (κ1) is 15.3. The smallest absolute Gasteiger partial charge is 0.295 e. The minimum Gasteiger partial charge on any atom is -0.497 e. The molecule has 0 amide bonds. The van der Waals surface area contributed by atoms with E-state index < -0.39 is 10.7 Å². The number of nitrogens with zero attached hydrogens (tertiary/aromatic N) is 2. The molecule has 6 heteroatoms. The Hall–Kier alpha value is -2.63. The van der Waals surface area contributed by atoms with Gasteiger partial charge in [0.15, 0.2) is 0 Å². The second kappa shape index (κ2) is 6.24. The van der Waals surface area contributed by atoms with Crippen molar-refractivity contribution in [3.8, 4) is 5.75 Å². The Morgan fingerprint density at radius 3 is 2.65 bits per heavy atom. The summed E-state index contributed by atoms with van der Waals surface area (Å²) in [6.45, 7) is 0.711. The third-order valence-corrected chi connectivity index (χ3v) is 4.20. The van der Waals surface area contributed by atoms with Gasteiger partial charge in [-0.1, -0.05) is 12.1 Å². The van der Waals surface area contributed by atoms with Gasteiger partial charge in [-0.15, -0.1) is 0 Å². The van der Waals surface area contributed by atoms with Crippen molar-refractivity contribution < 1.29 is 14.1 Å². The Morgan fingerprint density at radius 2 is 2.00 bits per heavy atom. The molecule has 120 valence electrons. The largest absolute Gasteiger partial charge is 0.497 e. The zero-order chi connectivity index (χ0) is 16.4. The van der Waals surface area contributed by atoms with Gasteiger partial charge in [-0.2, -0.15) is 0 Å². The van der Waals surface area contributed by atoms with Crippen LogP contribution in [0.1, 0.15) is 24.4 Å². The summed E-state index contributed by atoms with van der Waals surface area (Å²) >= 11 is 0. The van der Waals surface area contributed by atoms with E-state index >= 15 is 0 Å². The van der Waals surface area contributed by atoms with Crippen LogP contribution in [0.4, 0.5) is 15.8 Å². The molecule has 2 aromatic carbocycles. The molecule has 1 heterocycles. The Balaban J connectivity index is 1.97. The summed E-state index contributed by atoms with van der Waals surface area (Å²) in [5.74, 6) is 0.173. The normalized spacial score (nSPS) is 17.3. The molecule has 0 aliphatic carbocycles. The number of rotatable bonds is 4. The molecule has 5 nitrogen and oxygen atoms in total. The third-order valence-electron chi connectivity index (χ3n) is 4.20. The SMILES string of the molecule is COc1ccc(C2CCCN2c2ccc(F)cc2[N+](=O)[O-])cc1. The topological polar surface area (TPSA) is 55.6 Å². The molecular formula is C17H17FN2O3. The number of hydrogen-bond donors (Lipinski definition) is 0. The fraction of sp³-hybridized carbons (Fsp3) is 0.294. The molecule has 1 aliphatic rings. The summed E-state index contributed by atoms with van der Waals surface area (Å²) in [5, 5.41) is 11.3. The van der Waals surface area contributed by atoms with E-state index in [1.165, 1.54) is 12.1 Å². The lowest BCUT2D eigenvalue weighted by Gasteiger charge is -2.27. The molecule has 0 spiro atoms. The summed E-state index contributed by atoms with van der Waals surface area (Å²) in [4.78, 5) is 12.7. The second-order valence-electron chi connectivity index (χ2n) is 5.51. The molecule has 0 bridgehead atoms. The molecule has 2 aromatic rings. The zero-order valence-electron chi connectivity index (χ0n) is 12.7. The lowest BCUT2D eigenvalue weighted by atomic mass is 10.0. The van der Waals surface area contributed by atoms with Crippen LogP contribution in [0.25, 0.3) is 0 Å². The summed E-state index contributed by atoms with van der Waals surface area (Å²) in [5.41, 5.74) is 1.35. The molecule has 3 rings (SSSR count). The average molecular weight is 316 g/mol. The van der Waals surface area contributed by atoms with Crippen molar-refractivity contribution in [3.05, 3.63) is 64.0 Å². The predicted molar refractivity (Wildman–Crippen MR) is 85.4 cm³/mol. The van der Waals surface area contributed by atoms with Crippen LogP contribution >= 0.6 is 0 Å². The number of nitro benzene ring substituents is 1. The molecular weight excluding hydrogens is 299 g/mol. The number of anilines is 1. The molecule has 0 saturated carbocycles. The molecule has 1 saturated heterocycles. The van der Waals surface area contributed by atoms with E-state index in [0.717, 1.165) is 30.2 Å². The van der Waals surface area contributed by atoms with E-state index in [1.54, 1.807) is 7.11 Å². The van der Waals surface area contributed by atoms with Gasteiger partial charge in [0, 0.05) is 6.54 Å². The highest BCUT2D eigenvalue weighted by Gasteiger charge is 2.31. The average Bonchev–Trinajstić information content (AvgIpc) is 3.04. The maximum Gasteiger partial charge on any atom is 0.295 e. The van der Waals surface area contributed by atoms with Gasteiger partial charge >= 0.3 is 0 Å². The van der Waals surface area contributed by atoms with E-state index in [2.05, 4.69) is 0 Å². The first-order chi connectivity index (χ1) is 11.1. The Kier molecular flexibility index (Phi) is 4.14. The van der Waals surface area contributed by atoms with Crippen LogP contribution in [-0.2, 0) is 0 Å². The number of hydrogen-bond acceptors (Lipinski definition) is 4. The fourth-order valence-electron chi connectivity index (χ4n) is 3.11. The molecule has 0 aromatic heterocycles. The van der Waals surface area contributed by atoms with Gasteiger partial charge < -0.3 is 9.64 Å². The van der Waals surface area contributed by atoms with Crippen molar-refractivity contribution in [2.45, 2.75) is 18.9 Å². The van der Waals surface area contributed by atoms with E-state index in [1.807, 2.05) is 29.2 Å². The van der Waals surface area contributed by atoms with Gasteiger partial charge in [0.05, 0.1) is 24.1 Å². The van der Waals surface area contributed by atoms with Gasteiger partial charge in [-0.25, -0.2) is 4.39 Å². The molecule has 1 aliphatic heterocycles. The standard InChI is InChI=1S/C17H17FN2O3/c1-23-14-7-4-12(5-8-14)15-3-2-10-19(15)16-9-6-13(18)11-17(16)20(21)22/h4-9,11,15H,2-3,10H2,1H3. The van der Waals surface area contributed by atoms with Gasteiger partial charge in [0.25, 0.3) is 5.69 Å². The van der Waals surface area contributed by atoms with Crippen LogP contribution in [0.3, 0.4) is 0 Å². The number of benzene rings is 2. The fourth-order valence-corrected chi connectivity index (χ4v) is 3.11. The van der Waals surface area contributed by atoms with Gasteiger partial charge in [-0.3, -0.25) is 10.1 Å². The second-order valence-corrected chi connectivity index (χ2v) is 5.51. The highest BCUT2D eigenvalue weighted by atomic mass is 19.1. The maximum atomic E-state index is 13.4. The summed E-state index contributed by atoms with van der Waals surface area (Å²) < 4.78 is 18.5. The van der Waals surface area contributed by atoms with Crippen molar-refractivity contribution in [1.82, 2.24) is 0 Å². The molecule has 23 heavy (non-hydrogen) atoms. The van der Waals surface area contributed by atoms with Gasteiger partial charge in [0.2, 0.25) is 0 Å². The third kappa shape index (κ3) is 2.97. The van der Waals surface area contributed by atoms with Gasteiger partial charge in [0.1, 0.15) is 17.3 Å². The highest BCUT2D eigenvalue weighted by Crippen LogP contribution is 2.40. The molecule has 0 N–H and O–H groups in total. The van der Waals surface area contributed by atoms with E-state index in [0.29, 0.717) is 12.2 Å². The van der Waals surface area contributed by atoms with E-state index in [4.69, 9.17) is 4.74 Å². The summed E-state index contributed by atoms with van der Waals surface area (Å²) in [6.07, 6.45) is 1.84. The van der Waals surface area contributed by atoms with E-state index in [9.17, 15) is 14.5 Å². The summed E-state index contributed by atoms with van der Waals surface area (Å²) in [7, 11) is 1.61. The highest BCUT2D eigenvalue weighted by molar-refractivity contribution is 5.65. The first-order valence-corrected chi connectivity index (χ1v) is 7.44. The first-order valence-electron chi connectivity index (χ1n) is 7.44. The van der Waals surface area contributed by atoms with Crippen LogP contribution in [0, 0.1) is 15.9 Å². The van der Waals surface area contributed by atoms with Crippen molar-refractivity contribution in [2.24, 2.45) is 0 Å². The molecule has 0 radical (unpaired) electrons. The van der Waals surface area contributed by atoms with Crippen molar-refractivity contribution in [2.75, 3.05) is 18.6 Å². The van der Waals surface area contributed by atoms with Gasteiger partial charge in [-0.05, 0) is 42.7 Å². The van der Waals surface area contributed by atoms with E-state index in [-0.39, 0.29) is 11.7 Å². The molecule has 1 fully saturated rings. The lowest BCUT2D eigenvalue weighted by Crippen LogP contribution is -2.23. The number of ether oxygens (including phenoxy) is 1. The number of nitro groups is 1. The summed E-state index contributed by atoms with van der Waals surface area (Å²) in [6, 6.07) is 11.5. The molecule has 1 atom stereocenters. The van der Waals surface area contributed by atoms with Crippen molar-refractivity contribution >= 4 is 11.4 Å². The minimum atomic E-state index is -0.597. The quantitative estimate of drug-likeness (QED) is 0.630. The van der Waals surface area contributed by atoms with Crippen LogP contribution in [0.5, 0.6) is 5.75 Å². The molecule has 1 unspecified atom stereocenters. The Morgan fingerprint density at radius 1 is 1.26 bits per heavy atom. The Labute approximate surface area is 133 Å². The maximum absolute atomic E-state index is 13.4. The van der Waals surface area contributed by atoms with Crippen molar-refractivity contribution in [3.63, 3.8) is 0 Å². The Bertz CT molecular complexity index is 718. The predicted octanol–water partition coefficient (Wildman–Crippen LogP) is 4.08. The van der Waals surface area contributed by atoms with Crippen LogP contribution in [-0.4, -0.2) is 18.6 Å². The zero-order valence-corrected chi connectivity index (χ0v) is 12.7.